The fraction of sp³-hybridized carbons (Fsp3) is 0.667. The number of ether oxygens (including phenoxy) is 1. The molecule has 0 aromatic carbocycles. The Bertz CT molecular complexity index is 417. The van der Waals surface area contributed by atoms with Crippen LogP contribution >= 0.6 is 11.6 Å². The first kappa shape index (κ1) is 14.6. The van der Waals surface area contributed by atoms with Gasteiger partial charge in [0.05, 0.1) is 0 Å². The van der Waals surface area contributed by atoms with Gasteiger partial charge in [-0.3, -0.25) is 0 Å². The van der Waals surface area contributed by atoms with Crippen molar-refractivity contribution in [1.82, 2.24) is 10.3 Å². The zero-order valence-corrected chi connectivity index (χ0v) is 12.7. The monoisotopic (exact) mass is 282 g/mol. The molecule has 4 heteroatoms. The van der Waals surface area contributed by atoms with Gasteiger partial charge in [0.15, 0.2) is 10.9 Å². The molecule has 0 spiro atoms. The van der Waals surface area contributed by atoms with E-state index >= 15 is 0 Å². The Morgan fingerprint density at radius 2 is 2.26 bits per heavy atom. The minimum atomic E-state index is 0.219. The van der Waals surface area contributed by atoms with Crippen LogP contribution < -0.4 is 10.1 Å². The third kappa shape index (κ3) is 4.08. The average molecular weight is 283 g/mol. The lowest BCUT2D eigenvalue weighted by Gasteiger charge is -2.26. The largest absolute Gasteiger partial charge is 0.487 e. The Morgan fingerprint density at radius 1 is 1.47 bits per heavy atom. The zero-order valence-electron chi connectivity index (χ0n) is 11.9. The molecule has 2 unspecified atom stereocenters. The maximum Gasteiger partial charge on any atom is 0.171 e. The summed E-state index contributed by atoms with van der Waals surface area (Å²) in [5.74, 6) is 1.90. The molecule has 1 aromatic heterocycles. The molecule has 106 valence electrons. The number of aryl methyl sites for hydroxylation is 1. The van der Waals surface area contributed by atoms with Crippen molar-refractivity contribution < 1.29 is 4.74 Å². The number of nitrogens with one attached hydrogen (secondary N) is 1. The second kappa shape index (κ2) is 6.58. The molecule has 1 aliphatic rings. The lowest BCUT2D eigenvalue weighted by Crippen LogP contribution is -2.30. The molecular weight excluding hydrogens is 260 g/mol. The molecule has 3 nitrogen and oxygen atoms in total. The fourth-order valence-corrected chi connectivity index (χ4v) is 2.80. The summed E-state index contributed by atoms with van der Waals surface area (Å²) >= 11 is 6.17. The zero-order chi connectivity index (χ0) is 13.8. The van der Waals surface area contributed by atoms with E-state index in [1.807, 2.05) is 19.1 Å². The van der Waals surface area contributed by atoms with E-state index in [-0.39, 0.29) is 6.10 Å². The number of pyridine rings is 1. The van der Waals surface area contributed by atoms with Crippen molar-refractivity contribution >= 4 is 11.6 Å². The van der Waals surface area contributed by atoms with Gasteiger partial charge in [0.25, 0.3) is 0 Å². The van der Waals surface area contributed by atoms with Crippen molar-refractivity contribution in [2.45, 2.75) is 39.7 Å². The van der Waals surface area contributed by atoms with Gasteiger partial charge in [0.2, 0.25) is 0 Å². The Morgan fingerprint density at radius 3 is 2.84 bits per heavy atom. The number of hydrogen-bond donors (Lipinski definition) is 1. The normalized spacial score (nSPS) is 20.8. The lowest BCUT2D eigenvalue weighted by atomic mass is 9.93. The summed E-state index contributed by atoms with van der Waals surface area (Å²) in [7, 11) is 0. The van der Waals surface area contributed by atoms with Crippen LogP contribution in [0.1, 0.15) is 32.4 Å². The average Bonchev–Trinajstić information content (AvgIpc) is 2.84. The Labute approximate surface area is 120 Å². The Balaban J connectivity index is 2.09. The molecule has 1 aliphatic heterocycles. The topological polar surface area (TPSA) is 34.1 Å². The van der Waals surface area contributed by atoms with Crippen LogP contribution in [0.2, 0.25) is 5.15 Å². The second-order valence-corrected chi connectivity index (χ2v) is 6.14. The summed E-state index contributed by atoms with van der Waals surface area (Å²) in [6, 6.07) is 3.88. The minimum absolute atomic E-state index is 0.219. The quantitative estimate of drug-likeness (QED) is 0.840. The van der Waals surface area contributed by atoms with E-state index in [0.717, 1.165) is 25.2 Å². The van der Waals surface area contributed by atoms with Crippen molar-refractivity contribution in [3.8, 4) is 5.75 Å². The van der Waals surface area contributed by atoms with E-state index in [1.54, 1.807) is 0 Å². The summed E-state index contributed by atoms with van der Waals surface area (Å²) in [6.45, 7) is 8.51. The van der Waals surface area contributed by atoms with E-state index in [9.17, 15) is 0 Å². The van der Waals surface area contributed by atoms with Crippen molar-refractivity contribution in [3.05, 3.63) is 23.0 Å². The predicted molar refractivity (Wildman–Crippen MR) is 78.8 cm³/mol. The van der Waals surface area contributed by atoms with Crippen LogP contribution in [-0.2, 0) is 0 Å². The van der Waals surface area contributed by atoms with Crippen LogP contribution in [0, 0.1) is 18.8 Å². The molecule has 1 saturated heterocycles. The number of rotatable bonds is 5. The summed E-state index contributed by atoms with van der Waals surface area (Å²) in [6.07, 6.45) is 2.45. The molecule has 0 radical (unpaired) electrons. The van der Waals surface area contributed by atoms with Crippen molar-refractivity contribution in [3.63, 3.8) is 0 Å². The molecule has 2 atom stereocenters. The molecule has 1 N–H and O–H groups in total. The minimum Gasteiger partial charge on any atom is -0.487 e. The molecule has 0 aliphatic carbocycles. The van der Waals surface area contributed by atoms with Crippen molar-refractivity contribution in [2.24, 2.45) is 11.8 Å². The molecule has 2 heterocycles. The van der Waals surface area contributed by atoms with Crippen LogP contribution in [0.15, 0.2) is 12.1 Å². The lowest BCUT2D eigenvalue weighted by molar-refractivity contribution is 0.119. The highest BCUT2D eigenvalue weighted by molar-refractivity contribution is 6.30. The van der Waals surface area contributed by atoms with Crippen LogP contribution in [0.5, 0.6) is 5.75 Å². The van der Waals surface area contributed by atoms with Crippen molar-refractivity contribution in [2.75, 3.05) is 13.1 Å². The first-order valence-electron chi connectivity index (χ1n) is 7.06. The van der Waals surface area contributed by atoms with Crippen LogP contribution in [0.25, 0.3) is 0 Å². The third-order valence-electron chi connectivity index (χ3n) is 3.56. The molecular formula is C15H23ClN2O. The summed E-state index contributed by atoms with van der Waals surface area (Å²) < 4.78 is 6.16. The van der Waals surface area contributed by atoms with E-state index < -0.39 is 0 Å². The van der Waals surface area contributed by atoms with Gasteiger partial charge in [-0.05, 0) is 44.4 Å². The number of hydrogen-bond acceptors (Lipinski definition) is 3. The van der Waals surface area contributed by atoms with Gasteiger partial charge in [-0.2, -0.15) is 0 Å². The van der Waals surface area contributed by atoms with Gasteiger partial charge in [-0.1, -0.05) is 25.4 Å². The summed E-state index contributed by atoms with van der Waals surface area (Å²) in [4.78, 5) is 4.26. The molecule has 0 amide bonds. The van der Waals surface area contributed by atoms with Gasteiger partial charge < -0.3 is 10.1 Å². The van der Waals surface area contributed by atoms with Crippen LogP contribution in [0.3, 0.4) is 0 Å². The second-order valence-electron chi connectivity index (χ2n) is 5.78. The number of nitrogens with zero attached hydrogens (tertiary/aromatic N) is 1. The molecule has 2 rings (SSSR count). The molecule has 0 saturated carbocycles. The van der Waals surface area contributed by atoms with Crippen LogP contribution in [0.4, 0.5) is 0 Å². The number of halogens is 1. The predicted octanol–water partition coefficient (Wildman–Crippen LogP) is 3.45. The fourth-order valence-electron chi connectivity index (χ4n) is 2.56. The smallest absolute Gasteiger partial charge is 0.171 e. The first-order chi connectivity index (χ1) is 9.06. The van der Waals surface area contributed by atoms with E-state index in [2.05, 4.69) is 24.1 Å². The Hall–Kier alpha value is -0.800. The molecule has 19 heavy (non-hydrogen) atoms. The van der Waals surface area contributed by atoms with Gasteiger partial charge >= 0.3 is 0 Å². The highest BCUT2D eigenvalue weighted by Crippen LogP contribution is 2.29. The maximum absolute atomic E-state index is 6.17. The van der Waals surface area contributed by atoms with E-state index in [1.165, 1.54) is 6.42 Å². The SMILES string of the molecule is Cc1ccc(OC(CC(C)C)C2CCNC2)c(Cl)n1. The molecule has 1 fully saturated rings. The van der Waals surface area contributed by atoms with Gasteiger partial charge in [0.1, 0.15) is 6.10 Å². The highest BCUT2D eigenvalue weighted by atomic mass is 35.5. The van der Waals surface area contributed by atoms with Crippen molar-refractivity contribution in [1.29, 1.82) is 0 Å². The van der Waals surface area contributed by atoms with Gasteiger partial charge in [0, 0.05) is 18.2 Å². The number of aromatic nitrogens is 1. The molecule has 1 aromatic rings. The first-order valence-corrected chi connectivity index (χ1v) is 7.44. The molecule has 0 bridgehead atoms. The van der Waals surface area contributed by atoms with Gasteiger partial charge in [-0.25, -0.2) is 4.98 Å². The summed E-state index contributed by atoms with van der Waals surface area (Å²) in [5, 5.41) is 3.88. The van der Waals surface area contributed by atoms with Gasteiger partial charge in [-0.15, -0.1) is 0 Å². The third-order valence-corrected chi connectivity index (χ3v) is 3.83. The highest BCUT2D eigenvalue weighted by Gasteiger charge is 2.27. The maximum atomic E-state index is 6.17. The Kier molecular flexibility index (Phi) is 5.06. The standard InChI is InChI=1S/C15H23ClN2O/c1-10(2)8-14(12-6-7-17-9-12)19-13-5-4-11(3)18-15(13)16/h4-5,10,12,14,17H,6-9H2,1-3H3. The van der Waals surface area contributed by atoms with E-state index in [0.29, 0.717) is 22.7 Å². The van der Waals surface area contributed by atoms with Crippen LogP contribution in [-0.4, -0.2) is 24.2 Å². The van der Waals surface area contributed by atoms with E-state index in [4.69, 9.17) is 16.3 Å². The summed E-state index contributed by atoms with van der Waals surface area (Å²) in [5.41, 5.74) is 0.917.